The highest BCUT2D eigenvalue weighted by Gasteiger charge is 2.51. The molecule has 0 aromatic carbocycles. The number of ether oxygens (including phenoxy) is 3. The molecule has 0 aromatic rings. The molecule has 0 spiro atoms. The van der Waals surface area contributed by atoms with Gasteiger partial charge in [-0.2, -0.15) is 0 Å². The van der Waals surface area contributed by atoms with E-state index in [0.717, 1.165) is 13.0 Å². The lowest BCUT2D eigenvalue weighted by molar-refractivity contribution is -0.144. The third-order valence-corrected chi connectivity index (χ3v) is 4.15. The summed E-state index contributed by atoms with van der Waals surface area (Å²) in [7, 11) is 1.74. The maximum Gasteiger partial charge on any atom is 0.163 e. The molecular formula is C14H26O3. The highest BCUT2D eigenvalue weighted by atomic mass is 16.7. The van der Waals surface area contributed by atoms with Crippen LogP contribution in [0.1, 0.15) is 46.0 Å². The molecule has 0 saturated carbocycles. The minimum Gasteiger partial charge on any atom is -0.375 e. The Morgan fingerprint density at radius 3 is 2.76 bits per heavy atom. The summed E-state index contributed by atoms with van der Waals surface area (Å²) in [5.74, 6) is 1.00. The van der Waals surface area contributed by atoms with Gasteiger partial charge in [-0.3, -0.25) is 0 Å². The predicted octanol–water partition coefficient (Wildman–Crippen LogP) is 2.98. The molecule has 2 aliphatic heterocycles. The van der Waals surface area contributed by atoms with Crippen LogP contribution in [0.15, 0.2) is 0 Å². The first-order valence-corrected chi connectivity index (χ1v) is 7.07. The summed E-state index contributed by atoms with van der Waals surface area (Å²) in [5, 5.41) is 0. The Balaban J connectivity index is 1.83. The third-order valence-electron chi connectivity index (χ3n) is 4.15. The fourth-order valence-corrected chi connectivity index (χ4v) is 3.14. The summed E-state index contributed by atoms with van der Waals surface area (Å²) in [6, 6.07) is 0. The molecule has 0 aromatic heterocycles. The number of hydrogen-bond acceptors (Lipinski definition) is 3. The van der Waals surface area contributed by atoms with E-state index in [1.54, 1.807) is 7.11 Å². The molecule has 0 unspecified atom stereocenters. The maximum atomic E-state index is 5.98. The second-order valence-electron chi connectivity index (χ2n) is 5.48. The Kier molecular flexibility index (Phi) is 4.83. The first-order valence-electron chi connectivity index (χ1n) is 7.07. The van der Waals surface area contributed by atoms with Crippen molar-refractivity contribution in [2.24, 2.45) is 11.8 Å². The van der Waals surface area contributed by atoms with Crippen molar-refractivity contribution in [3.8, 4) is 0 Å². The zero-order valence-corrected chi connectivity index (χ0v) is 11.4. The van der Waals surface area contributed by atoms with Crippen LogP contribution in [-0.2, 0) is 14.2 Å². The van der Waals surface area contributed by atoms with Crippen LogP contribution in [0.25, 0.3) is 0 Å². The summed E-state index contributed by atoms with van der Waals surface area (Å²) in [5.41, 5.74) is 0. The van der Waals surface area contributed by atoms with Crippen LogP contribution >= 0.6 is 0 Å². The van der Waals surface area contributed by atoms with E-state index in [9.17, 15) is 0 Å². The SMILES string of the molecule is CCCCCC[C@H]1O[C@H](OC)[C@@H]2[C@H]1OC[C@@H]2C. The molecule has 2 rings (SSSR count). The average Bonchev–Trinajstić information content (AvgIpc) is 2.87. The zero-order chi connectivity index (χ0) is 12.3. The van der Waals surface area contributed by atoms with Crippen LogP contribution < -0.4 is 0 Å². The number of unbranched alkanes of at least 4 members (excludes halogenated alkanes) is 3. The monoisotopic (exact) mass is 242 g/mol. The first kappa shape index (κ1) is 13.3. The molecule has 2 heterocycles. The minimum absolute atomic E-state index is 0.0475. The van der Waals surface area contributed by atoms with Gasteiger partial charge < -0.3 is 14.2 Å². The fraction of sp³-hybridized carbons (Fsp3) is 1.00. The van der Waals surface area contributed by atoms with Crippen LogP contribution in [0.5, 0.6) is 0 Å². The van der Waals surface area contributed by atoms with Crippen molar-refractivity contribution in [2.45, 2.75) is 64.4 Å². The molecule has 2 fully saturated rings. The van der Waals surface area contributed by atoms with Crippen LogP contribution in [0, 0.1) is 11.8 Å². The van der Waals surface area contributed by atoms with Crippen molar-refractivity contribution in [3.63, 3.8) is 0 Å². The Morgan fingerprint density at radius 1 is 1.24 bits per heavy atom. The summed E-state index contributed by atoms with van der Waals surface area (Å²) in [6.07, 6.45) is 6.76. The highest BCUT2D eigenvalue weighted by molar-refractivity contribution is 4.94. The van der Waals surface area contributed by atoms with Crippen LogP contribution in [0.3, 0.4) is 0 Å². The van der Waals surface area contributed by atoms with Crippen molar-refractivity contribution < 1.29 is 14.2 Å². The standard InChI is InChI=1S/C14H26O3/c1-4-5-6-7-8-11-13-12(10(2)9-16-13)14(15-3)17-11/h10-14H,4-9H2,1-3H3/t10-,11+,12-,13-,14-/m0/s1. The molecule has 3 nitrogen and oxygen atoms in total. The van der Waals surface area contributed by atoms with Gasteiger partial charge in [0.2, 0.25) is 0 Å². The molecule has 2 aliphatic rings. The lowest BCUT2D eigenvalue weighted by Gasteiger charge is -2.17. The molecule has 17 heavy (non-hydrogen) atoms. The Labute approximate surface area is 105 Å². The van der Waals surface area contributed by atoms with Gasteiger partial charge in [-0.25, -0.2) is 0 Å². The van der Waals surface area contributed by atoms with E-state index < -0.39 is 0 Å². The molecule has 3 heteroatoms. The van der Waals surface area contributed by atoms with E-state index in [4.69, 9.17) is 14.2 Å². The molecule has 0 radical (unpaired) electrons. The summed E-state index contributed by atoms with van der Waals surface area (Å²) < 4.78 is 17.3. The molecule has 2 saturated heterocycles. The number of fused-ring (bicyclic) bond motifs is 1. The van der Waals surface area contributed by atoms with Gasteiger partial charge in [-0.1, -0.05) is 39.5 Å². The average molecular weight is 242 g/mol. The van der Waals surface area contributed by atoms with Gasteiger partial charge in [0.15, 0.2) is 6.29 Å². The van der Waals surface area contributed by atoms with Crippen LogP contribution in [-0.4, -0.2) is 32.2 Å². The van der Waals surface area contributed by atoms with E-state index >= 15 is 0 Å². The third kappa shape index (κ3) is 2.83. The van der Waals surface area contributed by atoms with Crippen molar-refractivity contribution in [1.29, 1.82) is 0 Å². The normalized spacial score (nSPS) is 40.8. The molecule has 0 amide bonds. The fourth-order valence-electron chi connectivity index (χ4n) is 3.14. The smallest absolute Gasteiger partial charge is 0.163 e. The quantitative estimate of drug-likeness (QED) is 0.670. The zero-order valence-electron chi connectivity index (χ0n) is 11.4. The number of hydrogen-bond donors (Lipinski definition) is 0. The second kappa shape index (κ2) is 6.17. The lowest BCUT2D eigenvalue weighted by Crippen LogP contribution is -2.27. The highest BCUT2D eigenvalue weighted by Crippen LogP contribution is 2.41. The molecule has 0 N–H and O–H groups in total. The van der Waals surface area contributed by atoms with Gasteiger partial charge in [0.1, 0.15) is 0 Å². The van der Waals surface area contributed by atoms with Gasteiger partial charge in [-0.05, 0) is 12.3 Å². The van der Waals surface area contributed by atoms with E-state index in [1.807, 2.05) is 0 Å². The van der Waals surface area contributed by atoms with E-state index in [0.29, 0.717) is 11.8 Å². The number of rotatable bonds is 6. The number of methoxy groups -OCH3 is 1. The topological polar surface area (TPSA) is 27.7 Å². The molecule has 100 valence electrons. The summed E-state index contributed by atoms with van der Waals surface area (Å²) in [4.78, 5) is 0. The Bertz CT molecular complexity index is 232. The van der Waals surface area contributed by atoms with Crippen molar-refractivity contribution in [1.82, 2.24) is 0 Å². The van der Waals surface area contributed by atoms with E-state index in [-0.39, 0.29) is 18.5 Å². The van der Waals surface area contributed by atoms with Gasteiger partial charge in [0.25, 0.3) is 0 Å². The summed E-state index contributed by atoms with van der Waals surface area (Å²) in [6.45, 7) is 5.34. The molecule has 0 aliphatic carbocycles. The van der Waals surface area contributed by atoms with Crippen molar-refractivity contribution >= 4 is 0 Å². The Hall–Kier alpha value is -0.120. The Morgan fingerprint density at radius 2 is 2.06 bits per heavy atom. The van der Waals surface area contributed by atoms with Gasteiger partial charge >= 0.3 is 0 Å². The minimum atomic E-state index is -0.0475. The van der Waals surface area contributed by atoms with Crippen molar-refractivity contribution in [3.05, 3.63) is 0 Å². The van der Waals surface area contributed by atoms with Crippen LogP contribution in [0.4, 0.5) is 0 Å². The molecule has 5 atom stereocenters. The van der Waals surface area contributed by atoms with Gasteiger partial charge in [0.05, 0.1) is 18.8 Å². The van der Waals surface area contributed by atoms with Gasteiger partial charge in [-0.15, -0.1) is 0 Å². The van der Waals surface area contributed by atoms with Gasteiger partial charge in [0, 0.05) is 13.0 Å². The lowest BCUT2D eigenvalue weighted by atomic mass is 9.90. The van der Waals surface area contributed by atoms with E-state index in [1.165, 1.54) is 25.7 Å². The molecule has 0 bridgehead atoms. The predicted molar refractivity (Wildman–Crippen MR) is 66.8 cm³/mol. The van der Waals surface area contributed by atoms with Crippen LogP contribution in [0.2, 0.25) is 0 Å². The van der Waals surface area contributed by atoms with E-state index in [2.05, 4.69) is 13.8 Å². The summed E-state index contributed by atoms with van der Waals surface area (Å²) >= 11 is 0. The second-order valence-corrected chi connectivity index (χ2v) is 5.48. The van der Waals surface area contributed by atoms with Crippen molar-refractivity contribution in [2.75, 3.05) is 13.7 Å². The largest absolute Gasteiger partial charge is 0.375 e. The molecular weight excluding hydrogens is 216 g/mol. The maximum absolute atomic E-state index is 5.98. The first-order chi connectivity index (χ1) is 8.27.